The van der Waals surface area contributed by atoms with Crippen molar-refractivity contribution in [1.82, 2.24) is 0 Å². The standard InChI is InChI=1S/C10H11NO2S/c1-6-10(13)14-9-7(5-12)3-2-4-8(9)11-6/h2-4,6,11-12H,5H2,1H3. The molecule has 1 unspecified atom stereocenters. The molecule has 0 saturated heterocycles. The van der Waals surface area contributed by atoms with Gasteiger partial charge in [0.05, 0.1) is 12.6 Å². The predicted molar refractivity (Wildman–Crippen MR) is 56.3 cm³/mol. The number of benzene rings is 1. The number of hydrogen-bond acceptors (Lipinski definition) is 4. The SMILES string of the molecule is CC1Nc2cccc(CO)c2SC1=O. The summed E-state index contributed by atoms with van der Waals surface area (Å²) in [6.07, 6.45) is 0. The van der Waals surface area contributed by atoms with Crippen molar-refractivity contribution in [3.8, 4) is 0 Å². The van der Waals surface area contributed by atoms with Gasteiger partial charge in [-0.1, -0.05) is 12.1 Å². The third kappa shape index (κ3) is 1.51. The van der Waals surface area contributed by atoms with Gasteiger partial charge in [-0.15, -0.1) is 0 Å². The van der Waals surface area contributed by atoms with Crippen molar-refractivity contribution in [3.63, 3.8) is 0 Å². The van der Waals surface area contributed by atoms with Gasteiger partial charge >= 0.3 is 0 Å². The fraction of sp³-hybridized carbons (Fsp3) is 0.300. The Morgan fingerprint density at radius 1 is 1.57 bits per heavy atom. The first-order valence-corrected chi connectivity index (χ1v) is 5.25. The van der Waals surface area contributed by atoms with E-state index < -0.39 is 0 Å². The third-order valence-electron chi connectivity index (χ3n) is 2.20. The van der Waals surface area contributed by atoms with Crippen LogP contribution in [0.4, 0.5) is 5.69 Å². The number of carbonyl (C=O) groups is 1. The van der Waals surface area contributed by atoms with Crippen LogP contribution >= 0.6 is 11.8 Å². The van der Waals surface area contributed by atoms with E-state index in [2.05, 4.69) is 5.32 Å². The lowest BCUT2D eigenvalue weighted by molar-refractivity contribution is -0.111. The minimum Gasteiger partial charge on any atom is -0.392 e. The molecule has 14 heavy (non-hydrogen) atoms. The molecule has 1 aliphatic heterocycles. The maximum absolute atomic E-state index is 11.4. The van der Waals surface area contributed by atoms with Crippen LogP contribution in [0.5, 0.6) is 0 Å². The molecular weight excluding hydrogens is 198 g/mol. The third-order valence-corrected chi connectivity index (χ3v) is 3.44. The number of anilines is 1. The van der Waals surface area contributed by atoms with E-state index in [1.165, 1.54) is 11.8 Å². The number of hydrogen-bond donors (Lipinski definition) is 2. The minimum absolute atomic E-state index is 0.0283. The van der Waals surface area contributed by atoms with Crippen LogP contribution < -0.4 is 5.32 Å². The summed E-state index contributed by atoms with van der Waals surface area (Å²) in [6, 6.07) is 5.48. The summed E-state index contributed by atoms with van der Waals surface area (Å²) in [5, 5.41) is 12.3. The van der Waals surface area contributed by atoms with Gasteiger partial charge in [-0.2, -0.15) is 0 Å². The molecule has 74 valence electrons. The van der Waals surface area contributed by atoms with Gasteiger partial charge < -0.3 is 10.4 Å². The van der Waals surface area contributed by atoms with Gasteiger partial charge in [0, 0.05) is 10.6 Å². The first kappa shape index (κ1) is 9.55. The molecule has 0 saturated carbocycles. The van der Waals surface area contributed by atoms with Crippen LogP contribution in [0.1, 0.15) is 12.5 Å². The fourth-order valence-corrected chi connectivity index (χ4v) is 2.36. The molecule has 1 heterocycles. The Balaban J connectivity index is 2.46. The fourth-order valence-electron chi connectivity index (χ4n) is 1.42. The highest BCUT2D eigenvalue weighted by Crippen LogP contribution is 2.36. The summed E-state index contributed by atoms with van der Waals surface area (Å²) >= 11 is 1.21. The van der Waals surface area contributed by atoms with E-state index in [-0.39, 0.29) is 17.8 Å². The lowest BCUT2D eigenvalue weighted by atomic mass is 10.2. The second-order valence-electron chi connectivity index (χ2n) is 3.24. The van der Waals surface area contributed by atoms with E-state index in [9.17, 15) is 4.79 Å². The second-order valence-corrected chi connectivity index (χ2v) is 4.25. The molecule has 0 amide bonds. The van der Waals surface area contributed by atoms with Crippen molar-refractivity contribution in [2.75, 3.05) is 5.32 Å². The van der Waals surface area contributed by atoms with Crippen molar-refractivity contribution in [2.45, 2.75) is 24.5 Å². The van der Waals surface area contributed by atoms with Crippen molar-refractivity contribution < 1.29 is 9.90 Å². The van der Waals surface area contributed by atoms with Crippen LogP contribution in [0.2, 0.25) is 0 Å². The van der Waals surface area contributed by atoms with Gasteiger partial charge in [0.15, 0.2) is 0 Å². The molecular formula is C10H11NO2S. The Morgan fingerprint density at radius 2 is 2.36 bits per heavy atom. The maximum atomic E-state index is 11.4. The maximum Gasteiger partial charge on any atom is 0.215 e. The second kappa shape index (κ2) is 3.63. The minimum atomic E-state index is -0.151. The summed E-state index contributed by atoms with van der Waals surface area (Å²) in [4.78, 5) is 12.3. The Bertz CT molecular complexity index is 378. The Labute approximate surface area is 86.5 Å². The van der Waals surface area contributed by atoms with Gasteiger partial charge in [-0.25, -0.2) is 0 Å². The number of thioether (sulfide) groups is 1. The topological polar surface area (TPSA) is 49.3 Å². The number of rotatable bonds is 1. The van der Waals surface area contributed by atoms with Crippen molar-refractivity contribution >= 4 is 22.6 Å². The molecule has 0 radical (unpaired) electrons. The van der Waals surface area contributed by atoms with Gasteiger partial charge in [0.25, 0.3) is 0 Å². The van der Waals surface area contributed by atoms with E-state index in [4.69, 9.17) is 5.11 Å². The number of aliphatic hydroxyl groups is 1. The lowest BCUT2D eigenvalue weighted by Crippen LogP contribution is -2.27. The number of carbonyl (C=O) groups excluding carboxylic acids is 1. The number of fused-ring (bicyclic) bond motifs is 1. The number of nitrogens with one attached hydrogen (secondary N) is 1. The largest absolute Gasteiger partial charge is 0.392 e. The smallest absolute Gasteiger partial charge is 0.215 e. The van der Waals surface area contributed by atoms with E-state index in [1.54, 1.807) is 0 Å². The van der Waals surface area contributed by atoms with Crippen LogP contribution in [0.3, 0.4) is 0 Å². The zero-order valence-corrected chi connectivity index (χ0v) is 8.60. The van der Waals surface area contributed by atoms with E-state index >= 15 is 0 Å². The summed E-state index contributed by atoms with van der Waals surface area (Å²) in [7, 11) is 0. The highest BCUT2D eigenvalue weighted by atomic mass is 32.2. The molecule has 0 aliphatic carbocycles. The molecule has 1 aromatic carbocycles. The van der Waals surface area contributed by atoms with Crippen LogP contribution in [-0.4, -0.2) is 16.3 Å². The molecule has 2 N–H and O–H groups in total. The Kier molecular flexibility index (Phi) is 2.48. The number of aliphatic hydroxyl groups excluding tert-OH is 1. The Morgan fingerprint density at radius 3 is 3.07 bits per heavy atom. The molecule has 1 aliphatic rings. The van der Waals surface area contributed by atoms with Crippen LogP contribution in [-0.2, 0) is 11.4 Å². The molecule has 0 spiro atoms. The zero-order valence-electron chi connectivity index (χ0n) is 7.78. The molecule has 3 nitrogen and oxygen atoms in total. The molecule has 0 aromatic heterocycles. The first-order chi connectivity index (χ1) is 6.72. The van der Waals surface area contributed by atoms with E-state index in [0.29, 0.717) is 0 Å². The lowest BCUT2D eigenvalue weighted by Gasteiger charge is -2.23. The van der Waals surface area contributed by atoms with E-state index in [0.717, 1.165) is 16.1 Å². The molecule has 0 fully saturated rings. The monoisotopic (exact) mass is 209 g/mol. The van der Waals surface area contributed by atoms with Crippen molar-refractivity contribution in [1.29, 1.82) is 0 Å². The first-order valence-electron chi connectivity index (χ1n) is 4.43. The van der Waals surface area contributed by atoms with Gasteiger partial charge in [-0.05, 0) is 30.3 Å². The molecule has 4 heteroatoms. The van der Waals surface area contributed by atoms with Crippen molar-refractivity contribution in [2.24, 2.45) is 0 Å². The van der Waals surface area contributed by atoms with Crippen LogP contribution in [0.25, 0.3) is 0 Å². The summed E-state index contributed by atoms with van der Waals surface area (Å²) in [6.45, 7) is 1.81. The zero-order chi connectivity index (χ0) is 10.1. The van der Waals surface area contributed by atoms with Gasteiger partial charge in [-0.3, -0.25) is 4.79 Å². The Hall–Kier alpha value is -1.00. The molecule has 0 bridgehead atoms. The van der Waals surface area contributed by atoms with Gasteiger partial charge in [0.2, 0.25) is 5.12 Å². The summed E-state index contributed by atoms with van der Waals surface area (Å²) in [5.74, 6) is 0. The van der Waals surface area contributed by atoms with Crippen LogP contribution in [0.15, 0.2) is 23.1 Å². The highest BCUT2D eigenvalue weighted by molar-refractivity contribution is 8.14. The molecule has 1 atom stereocenters. The highest BCUT2D eigenvalue weighted by Gasteiger charge is 2.24. The molecule has 2 rings (SSSR count). The molecule has 1 aromatic rings. The van der Waals surface area contributed by atoms with Gasteiger partial charge in [0.1, 0.15) is 0 Å². The van der Waals surface area contributed by atoms with E-state index in [1.807, 2.05) is 25.1 Å². The van der Waals surface area contributed by atoms with Crippen molar-refractivity contribution in [3.05, 3.63) is 23.8 Å². The average Bonchev–Trinajstić information content (AvgIpc) is 2.19. The summed E-state index contributed by atoms with van der Waals surface area (Å²) < 4.78 is 0. The van der Waals surface area contributed by atoms with Crippen LogP contribution in [0, 0.1) is 0 Å². The summed E-state index contributed by atoms with van der Waals surface area (Å²) in [5.41, 5.74) is 1.74. The average molecular weight is 209 g/mol. The quantitative estimate of drug-likeness (QED) is 0.737. The predicted octanol–water partition coefficient (Wildman–Crippen LogP) is 1.61. The normalized spacial score (nSPS) is 20.1.